The number of rotatable bonds is 3. The monoisotopic (exact) mass is 251 g/mol. The highest BCUT2D eigenvalue weighted by atomic mass is 16.5. The lowest BCUT2D eigenvalue weighted by molar-refractivity contribution is -0.134. The fourth-order valence-corrected chi connectivity index (χ4v) is 2.58. The van der Waals surface area contributed by atoms with Gasteiger partial charge in [0.15, 0.2) is 0 Å². The molecule has 18 heavy (non-hydrogen) atoms. The van der Waals surface area contributed by atoms with Crippen molar-refractivity contribution in [2.75, 3.05) is 26.2 Å². The van der Waals surface area contributed by atoms with Crippen molar-refractivity contribution < 1.29 is 9.53 Å². The Labute approximate surface area is 108 Å². The van der Waals surface area contributed by atoms with Crippen LogP contribution in [0, 0.1) is 11.3 Å². The lowest BCUT2D eigenvalue weighted by atomic mass is 10.0. The van der Waals surface area contributed by atoms with Crippen molar-refractivity contribution in [2.45, 2.75) is 44.2 Å². The van der Waals surface area contributed by atoms with Gasteiger partial charge in [-0.25, -0.2) is 0 Å². The van der Waals surface area contributed by atoms with Crippen LogP contribution < -0.4 is 5.32 Å². The molecule has 0 spiro atoms. The number of carbonyl (C=O) groups excluding carboxylic acids is 1. The van der Waals surface area contributed by atoms with E-state index in [1.54, 1.807) is 4.90 Å². The van der Waals surface area contributed by atoms with E-state index in [1.807, 2.05) is 0 Å². The van der Waals surface area contributed by atoms with E-state index >= 15 is 0 Å². The summed E-state index contributed by atoms with van der Waals surface area (Å²) in [6.07, 6.45) is 4.94. The average Bonchev–Trinajstić information content (AvgIpc) is 2.45. The van der Waals surface area contributed by atoms with E-state index in [2.05, 4.69) is 11.4 Å². The SMILES string of the molecule is N#CC1CNCCN1C(=O)CCC1CCCCO1. The minimum absolute atomic E-state index is 0.0947. The number of nitriles is 1. The van der Waals surface area contributed by atoms with Gasteiger partial charge in [-0.3, -0.25) is 4.79 Å². The second-order valence-corrected chi connectivity index (χ2v) is 4.96. The zero-order valence-electron chi connectivity index (χ0n) is 10.7. The van der Waals surface area contributed by atoms with E-state index in [9.17, 15) is 4.79 Å². The van der Waals surface area contributed by atoms with Crippen molar-refractivity contribution in [1.29, 1.82) is 5.26 Å². The van der Waals surface area contributed by atoms with Gasteiger partial charge in [0.05, 0.1) is 12.2 Å². The second-order valence-electron chi connectivity index (χ2n) is 4.96. The molecule has 2 fully saturated rings. The van der Waals surface area contributed by atoms with Crippen LogP contribution in [0.1, 0.15) is 32.1 Å². The molecule has 0 saturated carbocycles. The molecule has 2 unspecified atom stereocenters. The standard InChI is InChI=1S/C13H21N3O2/c14-9-11-10-15-6-7-16(11)13(17)5-4-12-3-1-2-8-18-12/h11-12,15H,1-8,10H2. The summed E-state index contributed by atoms with van der Waals surface area (Å²) in [4.78, 5) is 13.8. The van der Waals surface area contributed by atoms with Gasteiger partial charge in [0.2, 0.25) is 5.91 Å². The lowest BCUT2D eigenvalue weighted by Crippen LogP contribution is -2.53. The number of piperazine rings is 1. The minimum atomic E-state index is -0.307. The van der Waals surface area contributed by atoms with Crippen molar-refractivity contribution in [3.8, 4) is 6.07 Å². The Morgan fingerprint density at radius 1 is 1.50 bits per heavy atom. The lowest BCUT2D eigenvalue weighted by Gasteiger charge is -2.32. The Balaban J connectivity index is 1.77. The zero-order chi connectivity index (χ0) is 12.8. The molecule has 2 rings (SSSR count). The Morgan fingerprint density at radius 2 is 2.39 bits per heavy atom. The maximum atomic E-state index is 12.1. The topological polar surface area (TPSA) is 65.4 Å². The highest BCUT2D eigenvalue weighted by Gasteiger charge is 2.26. The molecule has 5 heteroatoms. The second kappa shape index (κ2) is 6.72. The molecule has 1 N–H and O–H groups in total. The third kappa shape index (κ3) is 3.44. The summed E-state index contributed by atoms with van der Waals surface area (Å²) in [5.41, 5.74) is 0. The number of carbonyl (C=O) groups is 1. The van der Waals surface area contributed by atoms with Gasteiger partial charge in [-0.15, -0.1) is 0 Å². The van der Waals surface area contributed by atoms with Crippen LogP contribution >= 0.6 is 0 Å². The normalized spacial score (nSPS) is 28.7. The van der Waals surface area contributed by atoms with Crippen LogP contribution in [-0.4, -0.2) is 49.2 Å². The Morgan fingerprint density at radius 3 is 3.11 bits per heavy atom. The molecule has 2 atom stereocenters. The summed E-state index contributed by atoms with van der Waals surface area (Å²) in [5, 5.41) is 12.2. The molecule has 2 saturated heterocycles. The predicted octanol–water partition coefficient (Wildman–Crippen LogP) is 0.660. The third-order valence-corrected chi connectivity index (χ3v) is 3.67. The van der Waals surface area contributed by atoms with E-state index in [0.717, 1.165) is 32.4 Å². The van der Waals surface area contributed by atoms with Crippen molar-refractivity contribution in [3.63, 3.8) is 0 Å². The molecule has 0 aromatic rings. The fourth-order valence-electron chi connectivity index (χ4n) is 2.58. The fraction of sp³-hybridized carbons (Fsp3) is 0.846. The van der Waals surface area contributed by atoms with Gasteiger partial charge in [0, 0.05) is 32.7 Å². The summed E-state index contributed by atoms with van der Waals surface area (Å²) in [7, 11) is 0. The van der Waals surface area contributed by atoms with Gasteiger partial charge in [0.1, 0.15) is 6.04 Å². The molecule has 2 aliphatic heterocycles. The van der Waals surface area contributed by atoms with Gasteiger partial charge in [0.25, 0.3) is 0 Å². The first-order chi connectivity index (χ1) is 8.81. The summed E-state index contributed by atoms with van der Waals surface area (Å²) in [6.45, 7) is 2.84. The van der Waals surface area contributed by atoms with Crippen molar-refractivity contribution in [2.24, 2.45) is 0 Å². The van der Waals surface area contributed by atoms with E-state index in [-0.39, 0.29) is 18.1 Å². The highest BCUT2D eigenvalue weighted by Crippen LogP contribution is 2.18. The van der Waals surface area contributed by atoms with E-state index in [4.69, 9.17) is 10.00 Å². The predicted molar refractivity (Wildman–Crippen MR) is 66.8 cm³/mol. The molecule has 0 aromatic heterocycles. The molecule has 5 nitrogen and oxygen atoms in total. The van der Waals surface area contributed by atoms with Gasteiger partial charge >= 0.3 is 0 Å². The molecule has 0 bridgehead atoms. The number of nitrogens with zero attached hydrogens (tertiary/aromatic N) is 2. The van der Waals surface area contributed by atoms with Gasteiger partial charge < -0.3 is 15.0 Å². The van der Waals surface area contributed by atoms with Crippen LogP contribution in [0.25, 0.3) is 0 Å². The van der Waals surface area contributed by atoms with E-state index in [0.29, 0.717) is 19.5 Å². The zero-order valence-corrected chi connectivity index (χ0v) is 10.7. The van der Waals surface area contributed by atoms with Crippen LogP contribution in [0.2, 0.25) is 0 Å². The molecule has 2 heterocycles. The highest BCUT2D eigenvalue weighted by molar-refractivity contribution is 5.77. The molecule has 0 radical (unpaired) electrons. The summed E-state index contributed by atoms with van der Waals surface area (Å²) >= 11 is 0. The Hall–Kier alpha value is -1.12. The maximum absolute atomic E-state index is 12.1. The number of hydrogen-bond acceptors (Lipinski definition) is 4. The smallest absolute Gasteiger partial charge is 0.223 e. The number of hydrogen-bond donors (Lipinski definition) is 1. The van der Waals surface area contributed by atoms with Crippen LogP contribution in [-0.2, 0) is 9.53 Å². The molecule has 2 aliphatic rings. The first kappa shape index (κ1) is 13.3. The molecule has 1 amide bonds. The van der Waals surface area contributed by atoms with Gasteiger partial charge in [-0.05, 0) is 25.7 Å². The Bertz CT molecular complexity index is 321. The van der Waals surface area contributed by atoms with Crippen molar-refractivity contribution in [3.05, 3.63) is 0 Å². The summed E-state index contributed by atoms with van der Waals surface area (Å²) in [5.74, 6) is 0.0947. The van der Waals surface area contributed by atoms with Crippen LogP contribution in [0.3, 0.4) is 0 Å². The van der Waals surface area contributed by atoms with Crippen LogP contribution in [0.15, 0.2) is 0 Å². The minimum Gasteiger partial charge on any atom is -0.378 e. The molecule has 0 aromatic carbocycles. The molecule has 100 valence electrons. The first-order valence-electron chi connectivity index (χ1n) is 6.82. The number of amides is 1. The average molecular weight is 251 g/mol. The van der Waals surface area contributed by atoms with Gasteiger partial charge in [-0.1, -0.05) is 0 Å². The molecule has 0 aliphatic carbocycles. The third-order valence-electron chi connectivity index (χ3n) is 3.67. The van der Waals surface area contributed by atoms with Crippen molar-refractivity contribution >= 4 is 5.91 Å². The molecular weight excluding hydrogens is 230 g/mol. The summed E-state index contributed by atoms with van der Waals surface area (Å²) in [6, 6.07) is 1.88. The number of ether oxygens (including phenoxy) is 1. The number of nitrogens with one attached hydrogen (secondary N) is 1. The summed E-state index contributed by atoms with van der Waals surface area (Å²) < 4.78 is 5.62. The largest absolute Gasteiger partial charge is 0.378 e. The first-order valence-corrected chi connectivity index (χ1v) is 6.82. The van der Waals surface area contributed by atoms with Gasteiger partial charge in [-0.2, -0.15) is 5.26 Å². The maximum Gasteiger partial charge on any atom is 0.223 e. The Kier molecular flexibility index (Phi) is 4.97. The molecular formula is C13H21N3O2. The van der Waals surface area contributed by atoms with E-state index < -0.39 is 0 Å². The van der Waals surface area contributed by atoms with E-state index in [1.165, 1.54) is 6.42 Å². The quantitative estimate of drug-likeness (QED) is 0.800. The van der Waals surface area contributed by atoms with Crippen LogP contribution in [0.5, 0.6) is 0 Å². The van der Waals surface area contributed by atoms with Crippen molar-refractivity contribution in [1.82, 2.24) is 10.2 Å². The van der Waals surface area contributed by atoms with Crippen LogP contribution in [0.4, 0.5) is 0 Å².